The van der Waals surface area contributed by atoms with Crippen LogP contribution in [0.4, 0.5) is 0 Å². The maximum Gasteiger partial charge on any atom is 0.146 e. The minimum absolute atomic E-state index is 0.217. The molecule has 0 saturated carbocycles. The molecule has 1 nitrogen and oxygen atoms in total. The number of carbonyl (C=O) groups excluding carboxylic acids is 1. The smallest absolute Gasteiger partial charge is 0.146 e. The van der Waals surface area contributed by atoms with Gasteiger partial charge in [0.1, 0.15) is 5.78 Å². The summed E-state index contributed by atoms with van der Waals surface area (Å²) < 4.78 is 0. The van der Waals surface area contributed by atoms with Gasteiger partial charge in [0.25, 0.3) is 0 Å². The van der Waals surface area contributed by atoms with E-state index in [-0.39, 0.29) is 5.25 Å². The van der Waals surface area contributed by atoms with Crippen LogP contribution in [0, 0.1) is 12.8 Å². The Bertz CT molecular complexity index is 142. The van der Waals surface area contributed by atoms with Crippen molar-refractivity contribution in [2.24, 2.45) is 5.92 Å². The molecule has 0 aliphatic carbocycles. The van der Waals surface area contributed by atoms with E-state index in [1.165, 1.54) is 0 Å². The molecule has 2 heteroatoms. The summed E-state index contributed by atoms with van der Waals surface area (Å²) in [5.74, 6) is 0.796. The van der Waals surface area contributed by atoms with Crippen LogP contribution in [0.2, 0.25) is 0 Å². The fourth-order valence-electron chi connectivity index (χ4n) is 1.09. The van der Waals surface area contributed by atoms with Crippen molar-refractivity contribution < 1.29 is 4.79 Å². The van der Waals surface area contributed by atoms with Crippen molar-refractivity contribution in [3.05, 3.63) is 6.92 Å². The SMILES string of the molecule is [CH2]C(C)C1CC(=O)C(C)S1. The lowest BCUT2D eigenvalue weighted by Crippen LogP contribution is -2.08. The fraction of sp³-hybridized carbons (Fsp3) is 0.750. The average molecular weight is 157 g/mol. The molecule has 1 rings (SSSR count). The highest BCUT2D eigenvalue weighted by atomic mass is 32.2. The van der Waals surface area contributed by atoms with Crippen LogP contribution in [0.25, 0.3) is 0 Å². The minimum Gasteiger partial charge on any atom is -0.298 e. The van der Waals surface area contributed by atoms with E-state index < -0.39 is 0 Å². The standard InChI is InChI=1S/C8H13OS/c1-5(2)8-4-7(9)6(3)10-8/h5-6,8H,1,4H2,2-3H3. The first-order valence-corrected chi connectivity index (χ1v) is 4.57. The van der Waals surface area contributed by atoms with Gasteiger partial charge in [-0.15, -0.1) is 11.8 Å². The number of thioether (sulfide) groups is 1. The molecule has 0 aromatic carbocycles. The van der Waals surface area contributed by atoms with E-state index >= 15 is 0 Å². The van der Waals surface area contributed by atoms with Gasteiger partial charge in [0, 0.05) is 11.7 Å². The van der Waals surface area contributed by atoms with Gasteiger partial charge < -0.3 is 0 Å². The van der Waals surface area contributed by atoms with Gasteiger partial charge in [0.15, 0.2) is 0 Å². The summed E-state index contributed by atoms with van der Waals surface area (Å²) in [6, 6.07) is 0. The third-order valence-corrected chi connectivity index (χ3v) is 3.52. The largest absolute Gasteiger partial charge is 0.298 e. The molecule has 0 spiro atoms. The maximum absolute atomic E-state index is 11.0. The van der Waals surface area contributed by atoms with Crippen molar-refractivity contribution >= 4 is 17.5 Å². The molecule has 57 valence electrons. The van der Waals surface area contributed by atoms with Crippen molar-refractivity contribution in [2.45, 2.75) is 30.8 Å². The van der Waals surface area contributed by atoms with E-state index in [1.807, 2.05) is 6.92 Å². The lowest BCUT2D eigenvalue weighted by Gasteiger charge is -2.10. The van der Waals surface area contributed by atoms with Crippen LogP contribution in [0.1, 0.15) is 20.3 Å². The number of carbonyl (C=O) groups is 1. The summed E-state index contributed by atoms with van der Waals surface area (Å²) in [6.07, 6.45) is 0.733. The van der Waals surface area contributed by atoms with Crippen LogP contribution in [0.15, 0.2) is 0 Å². The zero-order valence-corrected chi connectivity index (χ0v) is 7.28. The number of hydrogen-bond acceptors (Lipinski definition) is 2. The zero-order valence-electron chi connectivity index (χ0n) is 6.46. The Morgan fingerprint density at radius 2 is 2.40 bits per heavy atom. The normalized spacial score (nSPS) is 33.8. The highest BCUT2D eigenvalue weighted by molar-refractivity contribution is 8.01. The lowest BCUT2D eigenvalue weighted by atomic mass is 10.0. The Morgan fingerprint density at radius 3 is 2.60 bits per heavy atom. The molecule has 3 unspecified atom stereocenters. The maximum atomic E-state index is 11.0. The van der Waals surface area contributed by atoms with E-state index in [4.69, 9.17) is 0 Å². The first-order chi connectivity index (χ1) is 4.61. The third-order valence-electron chi connectivity index (χ3n) is 1.87. The number of Topliss-reactive ketones (excluding diaryl/α,β-unsaturated/α-hetero) is 1. The van der Waals surface area contributed by atoms with Crippen LogP contribution in [-0.2, 0) is 4.79 Å². The monoisotopic (exact) mass is 157 g/mol. The Balaban J connectivity index is 2.49. The molecule has 0 aromatic heterocycles. The Labute approximate surface area is 66.6 Å². The van der Waals surface area contributed by atoms with Crippen LogP contribution < -0.4 is 0 Å². The first-order valence-electron chi connectivity index (χ1n) is 3.62. The highest BCUT2D eigenvalue weighted by Gasteiger charge is 2.31. The zero-order chi connectivity index (χ0) is 7.72. The summed E-state index contributed by atoms with van der Waals surface area (Å²) in [5.41, 5.74) is 0. The molecule has 1 fully saturated rings. The molecule has 3 atom stereocenters. The summed E-state index contributed by atoms with van der Waals surface area (Å²) in [7, 11) is 0. The molecule has 1 radical (unpaired) electrons. The molecular formula is C8H13OS. The van der Waals surface area contributed by atoms with Gasteiger partial charge in [-0.25, -0.2) is 0 Å². The molecule has 0 N–H and O–H groups in total. The van der Waals surface area contributed by atoms with Crippen LogP contribution in [-0.4, -0.2) is 16.3 Å². The van der Waals surface area contributed by atoms with Gasteiger partial charge >= 0.3 is 0 Å². The molecule has 1 aliphatic rings. The van der Waals surface area contributed by atoms with Crippen molar-refractivity contribution in [3.63, 3.8) is 0 Å². The summed E-state index contributed by atoms with van der Waals surface area (Å²) in [4.78, 5) is 11.0. The highest BCUT2D eigenvalue weighted by Crippen LogP contribution is 2.34. The summed E-state index contributed by atoms with van der Waals surface area (Å²) in [5, 5.41) is 0.691. The number of rotatable bonds is 1. The topological polar surface area (TPSA) is 17.1 Å². The van der Waals surface area contributed by atoms with Gasteiger partial charge in [0.05, 0.1) is 5.25 Å². The second kappa shape index (κ2) is 2.95. The van der Waals surface area contributed by atoms with Crippen molar-refractivity contribution in [1.82, 2.24) is 0 Å². The van der Waals surface area contributed by atoms with Gasteiger partial charge in [-0.3, -0.25) is 4.79 Å². The predicted molar refractivity (Wildman–Crippen MR) is 45.0 cm³/mol. The van der Waals surface area contributed by atoms with Crippen LogP contribution in [0.5, 0.6) is 0 Å². The molecular weight excluding hydrogens is 144 g/mol. The van der Waals surface area contributed by atoms with Gasteiger partial charge in [-0.1, -0.05) is 6.92 Å². The van der Waals surface area contributed by atoms with E-state index in [0.717, 1.165) is 6.42 Å². The average Bonchev–Trinajstić information content (AvgIpc) is 2.13. The van der Waals surface area contributed by atoms with E-state index in [9.17, 15) is 4.79 Å². The van der Waals surface area contributed by atoms with Crippen LogP contribution in [0.3, 0.4) is 0 Å². The Kier molecular flexibility index (Phi) is 2.40. The summed E-state index contributed by atoms with van der Waals surface area (Å²) in [6.45, 7) is 7.97. The van der Waals surface area contributed by atoms with Crippen molar-refractivity contribution in [3.8, 4) is 0 Å². The molecule has 0 aromatic rings. The second-order valence-corrected chi connectivity index (χ2v) is 4.55. The molecule has 10 heavy (non-hydrogen) atoms. The predicted octanol–water partition coefficient (Wildman–Crippen LogP) is 1.92. The Hall–Kier alpha value is 0.0200. The van der Waals surface area contributed by atoms with E-state index in [1.54, 1.807) is 11.8 Å². The second-order valence-electron chi connectivity index (χ2n) is 2.96. The lowest BCUT2D eigenvalue weighted by molar-refractivity contribution is -0.117. The Morgan fingerprint density at radius 1 is 1.80 bits per heavy atom. The molecule has 1 heterocycles. The van der Waals surface area contributed by atoms with Gasteiger partial charge in [0.2, 0.25) is 0 Å². The minimum atomic E-state index is 0.217. The number of hydrogen-bond donors (Lipinski definition) is 0. The molecule has 1 aliphatic heterocycles. The first kappa shape index (κ1) is 8.12. The van der Waals surface area contributed by atoms with E-state index in [0.29, 0.717) is 17.0 Å². The van der Waals surface area contributed by atoms with Crippen molar-refractivity contribution in [2.75, 3.05) is 0 Å². The molecule has 0 amide bonds. The quantitative estimate of drug-likeness (QED) is 0.578. The third kappa shape index (κ3) is 1.54. The van der Waals surface area contributed by atoms with Gasteiger partial charge in [-0.2, -0.15) is 0 Å². The van der Waals surface area contributed by atoms with Gasteiger partial charge in [-0.05, 0) is 19.8 Å². The fourth-order valence-corrected chi connectivity index (χ4v) is 2.39. The molecule has 1 saturated heterocycles. The number of ketones is 1. The van der Waals surface area contributed by atoms with E-state index in [2.05, 4.69) is 13.8 Å². The van der Waals surface area contributed by atoms with Crippen molar-refractivity contribution in [1.29, 1.82) is 0 Å². The summed E-state index contributed by atoms with van der Waals surface area (Å²) >= 11 is 1.77. The molecule has 0 bridgehead atoms. The van der Waals surface area contributed by atoms with Crippen LogP contribution >= 0.6 is 11.8 Å².